The number of nitrogens with one attached hydrogen (secondary N) is 1. The maximum atomic E-state index is 13.0. The second-order valence-electron chi connectivity index (χ2n) is 4.23. The molecule has 0 spiro atoms. The van der Waals surface area contributed by atoms with Crippen LogP contribution in [0.1, 0.15) is 0 Å². The number of hydrogen-bond donors (Lipinski definition) is 1. The van der Waals surface area contributed by atoms with Crippen LogP contribution in [0, 0.1) is 5.82 Å². The molecule has 0 fully saturated rings. The highest BCUT2D eigenvalue weighted by Crippen LogP contribution is 2.22. The summed E-state index contributed by atoms with van der Waals surface area (Å²) in [6, 6.07) is 14.1. The number of hydrogen-bond acceptors (Lipinski definition) is 4. The molecule has 102 valence electrons. The lowest BCUT2D eigenvalue weighted by Crippen LogP contribution is -2.03. The summed E-state index contributed by atoms with van der Waals surface area (Å²) in [6.45, 7) is 0.715. The van der Waals surface area contributed by atoms with Gasteiger partial charge < -0.3 is 9.73 Å². The molecule has 1 N–H and O–H groups in total. The first kappa shape index (κ1) is 13.0. The number of halogens is 1. The van der Waals surface area contributed by atoms with Crippen LogP contribution in [-0.4, -0.2) is 17.3 Å². The fourth-order valence-electron chi connectivity index (χ4n) is 1.84. The minimum atomic E-state index is -0.235. The molecule has 0 aliphatic carbocycles. The Bertz CT molecular complexity index is 681. The number of fused-ring (bicyclic) bond motifs is 1. The topological polar surface area (TPSA) is 38.1 Å². The Morgan fingerprint density at radius 1 is 1.15 bits per heavy atom. The molecule has 3 rings (SSSR count). The third-order valence-electron chi connectivity index (χ3n) is 2.76. The lowest BCUT2D eigenvalue weighted by molar-refractivity contribution is 0.489. The van der Waals surface area contributed by atoms with Crippen LogP contribution in [0.2, 0.25) is 0 Å². The molecule has 0 amide bonds. The fraction of sp³-hybridized carbons (Fsp3) is 0.133. The van der Waals surface area contributed by atoms with E-state index in [1.54, 1.807) is 6.07 Å². The highest BCUT2D eigenvalue weighted by molar-refractivity contribution is 7.99. The Morgan fingerprint density at radius 2 is 2.05 bits per heavy atom. The van der Waals surface area contributed by atoms with Gasteiger partial charge in [-0.25, -0.2) is 9.37 Å². The first-order chi connectivity index (χ1) is 9.81. The molecule has 3 aromatic rings. The number of thioether (sulfide) groups is 1. The highest BCUT2D eigenvalue weighted by Gasteiger charge is 2.04. The van der Waals surface area contributed by atoms with Crippen molar-refractivity contribution in [2.45, 2.75) is 5.22 Å². The van der Waals surface area contributed by atoms with Crippen molar-refractivity contribution in [2.75, 3.05) is 17.6 Å². The van der Waals surface area contributed by atoms with Crippen molar-refractivity contribution in [2.24, 2.45) is 0 Å². The molecule has 0 unspecified atom stereocenters. The zero-order valence-electron chi connectivity index (χ0n) is 10.7. The van der Waals surface area contributed by atoms with Crippen LogP contribution in [0.5, 0.6) is 0 Å². The van der Waals surface area contributed by atoms with E-state index in [0.717, 1.165) is 22.5 Å². The zero-order valence-corrected chi connectivity index (χ0v) is 11.5. The zero-order chi connectivity index (χ0) is 13.8. The first-order valence-corrected chi connectivity index (χ1v) is 7.28. The van der Waals surface area contributed by atoms with Gasteiger partial charge in [-0.15, -0.1) is 0 Å². The average molecular weight is 288 g/mol. The normalized spacial score (nSPS) is 10.8. The van der Waals surface area contributed by atoms with Crippen molar-refractivity contribution in [3.63, 3.8) is 0 Å². The molecule has 5 heteroatoms. The van der Waals surface area contributed by atoms with Gasteiger partial charge in [0.25, 0.3) is 5.22 Å². The van der Waals surface area contributed by atoms with E-state index in [-0.39, 0.29) is 5.82 Å². The van der Waals surface area contributed by atoms with Gasteiger partial charge in [-0.2, -0.15) is 0 Å². The molecule has 0 saturated carbocycles. The van der Waals surface area contributed by atoms with E-state index >= 15 is 0 Å². The Labute approximate surface area is 120 Å². The molecule has 2 aromatic carbocycles. The monoisotopic (exact) mass is 288 g/mol. The summed E-state index contributed by atoms with van der Waals surface area (Å²) in [5.74, 6) is 0.560. The van der Waals surface area contributed by atoms with Crippen LogP contribution in [0.25, 0.3) is 11.1 Å². The molecule has 1 heterocycles. The number of benzene rings is 2. The Hall–Kier alpha value is -2.01. The van der Waals surface area contributed by atoms with Crippen molar-refractivity contribution in [1.82, 2.24) is 4.98 Å². The smallest absolute Gasteiger partial charge is 0.256 e. The standard InChI is InChI=1S/C15H13FN2OS/c16-11-4-3-5-12(10-11)17-8-9-20-15-18-13-6-1-2-7-14(13)19-15/h1-7,10,17H,8-9H2. The molecule has 0 radical (unpaired) electrons. The fourth-order valence-corrected chi connectivity index (χ4v) is 2.54. The highest BCUT2D eigenvalue weighted by atomic mass is 32.2. The molecule has 20 heavy (non-hydrogen) atoms. The van der Waals surface area contributed by atoms with Gasteiger partial charge in [0, 0.05) is 18.0 Å². The van der Waals surface area contributed by atoms with E-state index < -0.39 is 0 Å². The summed E-state index contributed by atoms with van der Waals surface area (Å²) < 4.78 is 18.6. The minimum Gasteiger partial charge on any atom is -0.431 e. The third kappa shape index (κ3) is 3.11. The largest absolute Gasteiger partial charge is 0.431 e. The molecule has 0 atom stereocenters. The molecule has 0 aliphatic heterocycles. The van der Waals surface area contributed by atoms with Gasteiger partial charge in [0.05, 0.1) is 0 Å². The van der Waals surface area contributed by atoms with Gasteiger partial charge in [-0.1, -0.05) is 30.0 Å². The molecular formula is C15H13FN2OS. The van der Waals surface area contributed by atoms with Crippen molar-refractivity contribution in [3.8, 4) is 0 Å². The van der Waals surface area contributed by atoms with E-state index in [1.807, 2.05) is 30.3 Å². The van der Waals surface area contributed by atoms with Gasteiger partial charge in [-0.05, 0) is 30.3 Å². The van der Waals surface area contributed by atoms with Crippen LogP contribution in [0.3, 0.4) is 0 Å². The maximum Gasteiger partial charge on any atom is 0.256 e. The van der Waals surface area contributed by atoms with E-state index in [1.165, 1.54) is 23.9 Å². The average Bonchev–Trinajstić information content (AvgIpc) is 2.86. The minimum absolute atomic E-state index is 0.235. The third-order valence-corrected chi connectivity index (χ3v) is 3.59. The van der Waals surface area contributed by atoms with Gasteiger partial charge in [0.2, 0.25) is 0 Å². The van der Waals surface area contributed by atoms with Crippen molar-refractivity contribution < 1.29 is 8.81 Å². The Balaban J connectivity index is 1.52. The predicted molar refractivity (Wildman–Crippen MR) is 79.6 cm³/mol. The lowest BCUT2D eigenvalue weighted by atomic mass is 10.3. The predicted octanol–water partition coefficient (Wildman–Crippen LogP) is 4.17. The number of rotatable bonds is 5. The van der Waals surface area contributed by atoms with Crippen molar-refractivity contribution >= 4 is 28.5 Å². The van der Waals surface area contributed by atoms with Crippen molar-refractivity contribution in [1.29, 1.82) is 0 Å². The summed E-state index contributed by atoms with van der Waals surface area (Å²) in [6.07, 6.45) is 0. The first-order valence-electron chi connectivity index (χ1n) is 6.29. The summed E-state index contributed by atoms with van der Waals surface area (Å²) in [7, 11) is 0. The lowest BCUT2D eigenvalue weighted by Gasteiger charge is -2.04. The number of nitrogens with zero attached hydrogens (tertiary/aromatic N) is 1. The van der Waals surface area contributed by atoms with Gasteiger partial charge in [0.15, 0.2) is 5.58 Å². The Kier molecular flexibility index (Phi) is 3.87. The van der Waals surface area contributed by atoms with Gasteiger partial charge >= 0.3 is 0 Å². The summed E-state index contributed by atoms with van der Waals surface area (Å²) in [4.78, 5) is 4.38. The molecular weight excluding hydrogens is 275 g/mol. The number of aromatic nitrogens is 1. The second kappa shape index (κ2) is 5.96. The van der Waals surface area contributed by atoms with Crippen LogP contribution in [0.15, 0.2) is 58.2 Å². The van der Waals surface area contributed by atoms with Crippen molar-refractivity contribution in [3.05, 3.63) is 54.3 Å². The summed E-state index contributed by atoms with van der Waals surface area (Å²) in [5, 5.41) is 3.82. The van der Waals surface area contributed by atoms with E-state index in [2.05, 4.69) is 10.3 Å². The van der Waals surface area contributed by atoms with Crippen LogP contribution < -0.4 is 5.32 Å². The van der Waals surface area contributed by atoms with Gasteiger partial charge in [0.1, 0.15) is 11.3 Å². The SMILES string of the molecule is Fc1cccc(NCCSc2nc3ccccc3o2)c1. The maximum absolute atomic E-state index is 13.0. The number of oxazole rings is 1. The quantitative estimate of drug-likeness (QED) is 0.565. The van der Waals surface area contributed by atoms with E-state index in [0.29, 0.717) is 11.8 Å². The molecule has 0 aliphatic rings. The summed E-state index contributed by atoms with van der Waals surface area (Å²) in [5.41, 5.74) is 2.45. The van der Waals surface area contributed by atoms with E-state index in [4.69, 9.17) is 4.42 Å². The Morgan fingerprint density at radius 3 is 2.90 bits per heavy atom. The molecule has 0 bridgehead atoms. The number of anilines is 1. The molecule has 0 saturated heterocycles. The molecule has 3 nitrogen and oxygen atoms in total. The van der Waals surface area contributed by atoms with Crippen LogP contribution in [0.4, 0.5) is 10.1 Å². The van der Waals surface area contributed by atoms with Gasteiger partial charge in [-0.3, -0.25) is 0 Å². The van der Waals surface area contributed by atoms with E-state index in [9.17, 15) is 4.39 Å². The molecule has 1 aromatic heterocycles. The van der Waals surface area contributed by atoms with Crippen LogP contribution >= 0.6 is 11.8 Å². The number of para-hydroxylation sites is 2. The summed E-state index contributed by atoms with van der Waals surface area (Å²) >= 11 is 1.54. The second-order valence-corrected chi connectivity index (χ2v) is 5.28. The van der Waals surface area contributed by atoms with Crippen LogP contribution in [-0.2, 0) is 0 Å².